The molecular formula is C27H34N4O. The number of carbonyl (C=O) groups is 1. The van der Waals surface area contributed by atoms with E-state index < -0.39 is 0 Å². The SMILES string of the molecule is CN1C(=O)C=C[C@]2(C)C3CC[C@@]4(C)[C@@H](CCC45CC5c4nc5ncccc5[nH]4)C3CC[C@@H]12. The van der Waals surface area contributed by atoms with Crippen LogP contribution in [0, 0.1) is 34.0 Å². The van der Waals surface area contributed by atoms with Crippen LogP contribution in [0.2, 0.25) is 0 Å². The zero-order valence-corrected chi connectivity index (χ0v) is 19.5. The minimum absolute atomic E-state index is 0.135. The molecule has 1 N–H and O–H groups in total. The number of nitrogens with zero attached hydrogens (tertiary/aromatic N) is 3. The summed E-state index contributed by atoms with van der Waals surface area (Å²) in [5, 5.41) is 0. The molecule has 4 unspecified atom stereocenters. The van der Waals surface area contributed by atoms with E-state index in [0.29, 0.717) is 28.7 Å². The fourth-order valence-corrected chi connectivity index (χ4v) is 9.51. The molecule has 0 bridgehead atoms. The molecule has 1 amide bonds. The Bertz CT molecular complexity index is 1120. The van der Waals surface area contributed by atoms with Crippen molar-refractivity contribution in [3.05, 3.63) is 36.3 Å². The first-order chi connectivity index (χ1) is 15.4. The lowest BCUT2D eigenvalue weighted by atomic mass is 9.47. The van der Waals surface area contributed by atoms with E-state index >= 15 is 0 Å². The van der Waals surface area contributed by atoms with Gasteiger partial charge in [-0.25, -0.2) is 9.97 Å². The maximum absolute atomic E-state index is 12.3. The summed E-state index contributed by atoms with van der Waals surface area (Å²) >= 11 is 0. The van der Waals surface area contributed by atoms with Crippen molar-refractivity contribution in [2.75, 3.05) is 7.05 Å². The molecule has 168 valence electrons. The molecule has 1 spiro atoms. The molecule has 0 aromatic carbocycles. The lowest BCUT2D eigenvalue weighted by Gasteiger charge is -2.60. The summed E-state index contributed by atoms with van der Waals surface area (Å²) in [4.78, 5) is 27.4. The number of pyridine rings is 1. The lowest BCUT2D eigenvalue weighted by molar-refractivity contribution is -0.139. The van der Waals surface area contributed by atoms with Gasteiger partial charge in [0.15, 0.2) is 5.65 Å². The maximum Gasteiger partial charge on any atom is 0.246 e. The van der Waals surface area contributed by atoms with Crippen LogP contribution in [0.4, 0.5) is 0 Å². The van der Waals surface area contributed by atoms with Gasteiger partial charge in [-0.15, -0.1) is 0 Å². The number of amides is 1. The average Bonchev–Trinajstić information content (AvgIpc) is 3.25. The van der Waals surface area contributed by atoms with Gasteiger partial charge in [0.1, 0.15) is 5.82 Å². The van der Waals surface area contributed by atoms with Crippen molar-refractivity contribution in [2.45, 2.75) is 70.8 Å². The van der Waals surface area contributed by atoms with Gasteiger partial charge in [0, 0.05) is 30.6 Å². The number of rotatable bonds is 1. The van der Waals surface area contributed by atoms with Crippen LogP contribution in [0.1, 0.15) is 70.5 Å². The number of fused-ring (bicyclic) bond motifs is 7. The Balaban J connectivity index is 1.20. The molecule has 3 heterocycles. The highest BCUT2D eigenvalue weighted by Crippen LogP contribution is 2.81. The van der Waals surface area contributed by atoms with Gasteiger partial charge < -0.3 is 9.88 Å². The first kappa shape index (κ1) is 19.3. The third kappa shape index (κ3) is 2.18. The molecule has 0 radical (unpaired) electrons. The van der Waals surface area contributed by atoms with Gasteiger partial charge in [0.25, 0.3) is 0 Å². The van der Waals surface area contributed by atoms with Crippen molar-refractivity contribution in [3.8, 4) is 0 Å². The van der Waals surface area contributed by atoms with Gasteiger partial charge in [-0.05, 0) is 91.7 Å². The van der Waals surface area contributed by atoms with Crippen LogP contribution in [0.15, 0.2) is 30.5 Å². The Morgan fingerprint density at radius 2 is 1.97 bits per heavy atom. The molecule has 7 rings (SSSR count). The summed E-state index contributed by atoms with van der Waals surface area (Å²) in [7, 11) is 2.02. The summed E-state index contributed by atoms with van der Waals surface area (Å²) in [5.41, 5.74) is 2.90. The first-order valence-electron chi connectivity index (χ1n) is 12.6. The first-order valence-corrected chi connectivity index (χ1v) is 12.6. The molecule has 0 saturated heterocycles. The molecule has 32 heavy (non-hydrogen) atoms. The zero-order chi connectivity index (χ0) is 21.9. The highest BCUT2D eigenvalue weighted by molar-refractivity contribution is 5.89. The molecule has 5 heteroatoms. The quantitative estimate of drug-likeness (QED) is 0.687. The number of nitrogens with one attached hydrogen (secondary N) is 1. The number of aromatic amines is 1. The van der Waals surface area contributed by atoms with Crippen molar-refractivity contribution >= 4 is 17.1 Å². The molecule has 5 aliphatic rings. The summed E-state index contributed by atoms with van der Waals surface area (Å²) in [5.74, 6) is 4.23. The van der Waals surface area contributed by atoms with E-state index in [1.54, 1.807) is 0 Å². The minimum atomic E-state index is 0.135. The molecule has 2 aromatic rings. The number of hydrogen-bond acceptors (Lipinski definition) is 3. The number of likely N-dealkylation sites (N-methyl/N-ethyl adjacent to an activating group) is 1. The number of aromatic nitrogens is 3. The predicted molar refractivity (Wildman–Crippen MR) is 124 cm³/mol. The third-order valence-electron chi connectivity index (χ3n) is 11.2. The Morgan fingerprint density at radius 1 is 1.12 bits per heavy atom. The van der Waals surface area contributed by atoms with Gasteiger partial charge in [0.05, 0.1) is 5.52 Å². The monoisotopic (exact) mass is 430 g/mol. The predicted octanol–water partition coefficient (Wildman–Crippen LogP) is 5.07. The standard InChI is InChI=1S/C27H34N4O/c1-25-11-10-22(32)31(3)21(25)7-6-16-17(25)8-12-26(2)18(16)9-13-27(26)15-19(27)23-29-20-5-4-14-28-24(20)30-23/h4-5,10-11,14,16-19,21H,6-9,12-13,15H2,1-3H3,(H,28,29,30)/t16?,17?,18-,19?,21+,25+,26-,27?/m0/s1. The smallest absolute Gasteiger partial charge is 0.246 e. The summed E-state index contributed by atoms with van der Waals surface area (Å²) in [6, 6.07) is 4.46. The average molecular weight is 431 g/mol. The second-order valence-electron chi connectivity index (χ2n) is 12.0. The van der Waals surface area contributed by atoms with Gasteiger partial charge in [-0.3, -0.25) is 4.79 Å². The Kier molecular flexibility index (Phi) is 3.64. The van der Waals surface area contributed by atoms with E-state index in [1.807, 2.05) is 30.3 Å². The molecule has 4 fully saturated rings. The second-order valence-corrected chi connectivity index (χ2v) is 12.0. The molecule has 4 saturated carbocycles. The molecular weight excluding hydrogens is 396 g/mol. The van der Waals surface area contributed by atoms with E-state index in [9.17, 15) is 4.79 Å². The minimum Gasteiger partial charge on any atom is -0.340 e. The highest BCUT2D eigenvalue weighted by Gasteiger charge is 2.73. The lowest BCUT2D eigenvalue weighted by Crippen LogP contribution is -2.59. The van der Waals surface area contributed by atoms with E-state index in [1.165, 1.54) is 44.3 Å². The van der Waals surface area contributed by atoms with E-state index in [4.69, 9.17) is 4.98 Å². The van der Waals surface area contributed by atoms with Crippen molar-refractivity contribution in [2.24, 2.45) is 34.0 Å². The number of carbonyl (C=O) groups excluding carboxylic acids is 1. The zero-order valence-electron chi connectivity index (χ0n) is 19.5. The van der Waals surface area contributed by atoms with Gasteiger partial charge in [-0.1, -0.05) is 19.9 Å². The van der Waals surface area contributed by atoms with Gasteiger partial charge in [0.2, 0.25) is 5.91 Å². The van der Waals surface area contributed by atoms with Crippen molar-refractivity contribution in [1.82, 2.24) is 19.9 Å². The highest BCUT2D eigenvalue weighted by atomic mass is 16.2. The normalized spacial score (nSPS) is 46.9. The fraction of sp³-hybridized carbons (Fsp3) is 0.667. The van der Waals surface area contributed by atoms with Crippen LogP contribution in [-0.2, 0) is 4.79 Å². The molecule has 8 atom stereocenters. The molecule has 4 aliphatic carbocycles. The topological polar surface area (TPSA) is 61.9 Å². The maximum atomic E-state index is 12.3. The third-order valence-corrected chi connectivity index (χ3v) is 11.2. The van der Waals surface area contributed by atoms with Crippen LogP contribution < -0.4 is 0 Å². The summed E-state index contributed by atoms with van der Waals surface area (Å²) in [6.45, 7) is 5.07. The largest absolute Gasteiger partial charge is 0.340 e. The number of hydrogen-bond donors (Lipinski definition) is 1. The Morgan fingerprint density at radius 3 is 2.81 bits per heavy atom. The van der Waals surface area contributed by atoms with Gasteiger partial charge >= 0.3 is 0 Å². The van der Waals surface area contributed by atoms with Crippen LogP contribution in [0.3, 0.4) is 0 Å². The van der Waals surface area contributed by atoms with Crippen LogP contribution in [-0.4, -0.2) is 38.8 Å². The molecule has 2 aromatic heterocycles. The Labute approximate surface area is 190 Å². The van der Waals surface area contributed by atoms with E-state index in [2.05, 4.69) is 36.0 Å². The Hall–Kier alpha value is -2.17. The summed E-state index contributed by atoms with van der Waals surface area (Å²) < 4.78 is 0. The van der Waals surface area contributed by atoms with Crippen molar-refractivity contribution in [1.29, 1.82) is 0 Å². The molecule has 5 nitrogen and oxygen atoms in total. The summed E-state index contributed by atoms with van der Waals surface area (Å²) in [6.07, 6.45) is 15.1. The number of H-pyrrole nitrogens is 1. The number of imidazole rings is 1. The van der Waals surface area contributed by atoms with Crippen LogP contribution in [0.5, 0.6) is 0 Å². The van der Waals surface area contributed by atoms with Crippen LogP contribution >= 0.6 is 0 Å². The van der Waals surface area contributed by atoms with E-state index in [0.717, 1.165) is 29.4 Å². The van der Waals surface area contributed by atoms with Crippen LogP contribution in [0.25, 0.3) is 11.2 Å². The fourth-order valence-electron chi connectivity index (χ4n) is 9.51. The van der Waals surface area contributed by atoms with Gasteiger partial charge in [-0.2, -0.15) is 0 Å². The van der Waals surface area contributed by atoms with Crippen molar-refractivity contribution < 1.29 is 4.79 Å². The molecule has 1 aliphatic heterocycles. The second kappa shape index (κ2) is 6.03. The van der Waals surface area contributed by atoms with E-state index in [-0.39, 0.29) is 11.3 Å². The van der Waals surface area contributed by atoms with Crippen molar-refractivity contribution in [3.63, 3.8) is 0 Å².